The zero-order valence-electron chi connectivity index (χ0n) is 7.71. The van der Waals surface area contributed by atoms with Gasteiger partial charge in [-0.2, -0.15) is 0 Å². The number of hydrogen-bond acceptors (Lipinski definition) is 3. The molecule has 0 rings (SSSR count). The smallest absolute Gasteiger partial charge is 0.335 e. The highest BCUT2D eigenvalue weighted by Gasteiger charge is 2.17. The van der Waals surface area contributed by atoms with Crippen LogP contribution in [0.15, 0.2) is 12.7 Å². The third-order valence-electron chi connectivity index (χ3n) is 1.30. The second kappa shape index (κ2) is 6.85. The topological polar surface area (TPSA) is 35.5 Å². The maximum atomic E-state index is 11.1. The quantitative estimate of drug-likeness (QED) is 0.450. The number of ether oxygens (including phenoxy) is 2. The molecule has 0 aliphatic carbocycles. The zero-order chi connectivity index (χ0) is 9.40. The van der Waals surface area contributed by atoms with Gasteiger partial charge in [0.1, 0.15) is 0 Å². The lowest BCUT2D eigenvalue weighted by Crippen LogP contribution is -2.26. The lowest BCUT2D eigenvalue weighted by atomic mass is 10.2. The Labute approximate surface area is 73.4 Å². The predicted molar refractivity (Wildman–Crippen MR) is 46.9 cm³/mol. The average Bonchev–Trinajstić information content (AvgIpc) is 2.04. The molecule has 1 atom stereocenters. The van der Waals surface area contributed by atoms with Crippen LogP contribution < -0.4 is 0 Å². The Morgan fingerprint density at radius 3 is 2.58 bits per heavy atom. The highest BCUT2D eigenvalue weighted by molar-refractivity contribution is 5.74. The summed E-state index contributed by atoms with van der Waals surface area (Å²) in [6.45, 7) is 8.05. The van der Waals surface area contributed by atoms with Gasteiger partial charge in [-0.3, -0.25) is 0 Å². The molecule has 1 unspecified atom stereocenters. The van der Waals surface area contributed by atoms with E-state index in [1.54, 1.807) is 13.0 Å². The Kier molecular flexibility index (Phi) is 6.38. The maximum Gasteiger partial charge on any atom is 0.335 e. The first-order valence-electron chi connectivity index (χ1n) is 4.15. The van der Waals surface area contributed by atoms with Gasteiger partial charge in [0.25, 0.3) is 0 Å². The highest BCUT2D eigenvalue weighted by atomic mass is 16.6. The SMILES string of the molecule is C=CCC(OCC)C(=O)OCC. The maximum absolute atomic E-state index is 11.1. The van der Waals surface area contributed by atoms with Crippen LogP contribution in [0.3, 0.4) is 0 Å². The van der Waals surface area contributed by atoms with Crippen molar-refractivity contribution in [2.45, 2.75) is 26.4 Å². The fourth-order valence-corrected chi connectivity index (χ4v) is 0.820. The van der Waals surface area contributed by atoms with Gasteiger partial charge in [-0.15, -0.1) is 6.58 Å². The molecule has 0 amide bonds. The third kappa shape index (κ3) is 4.13. The summed E-state index contributed by atoms with van der Waals surface area (Å²) in [5, 5.41) is 0. The number of carbonyl (C=O) groups is 1. The van der Waals surface area contributed by atoms with E-state index < -0.39 is 6.10 Å². The first-order valence-corrected chi connectivity index (χ1v) is 4.15. The molecular weight excluding hydrogens is 156 g/mol. The number of rotatable bonds is 6. The van der Waals surface area contributed by atoms with Crippen molar-refractivity contribution in [1.29, 1.82) is 0 Å². The molecule has 70 valence electrons. The normalized spacial score (nSPS) is 12.2. The molecule has 0 aromatic rings. The van der Waals surface area contributed by atoms with Gasteiger partial charge in [-0.1, -0.05) is 6.08 Å². The van der Waals surface area contributed by atoms with Crippen molar-refractivity contribution in [3.8, 4) is 0 Å². The minimum Gasteiger partial charge on any atom is -0.464 e. The molecular formula is C9H16O3. The van der Waals surface area contributed by atoms with Crippen LogP contribution in [0.5, 0.6) is 0 Å². The molecule has 0 aliphatic rings. The van der Waals surface area contributed by atoms with E-state index in [0.717, 1.165) is 0 Å². The van der Waals surface area contributed by atoms with Crippen LogP contribution in [0.25, 0.3) is 0 Å². The average molecular weight is 172 g/mol. The predicted octanol–water partition coefficient (Wildman–Crippen LogP) is 1.53. The van der Waals surface area contributed by atoms with E-state index in [0.29, 0.717) is 19.6 Å². The molecule has 0 spiro atoms. The fraction of sp³-hybridized carbons (Fsp3) is 0.667. The third-order valence-corrected chi connectivity index (χ3v) is 1.30. The molecule has 0 bridgehead atoms. The van der Waals surface area contributed by atoms with E-state index in [9.17, 15) is 4.79 Å². The molecule has 0 radical (unpaired) electrons. The zero-order valence-corrected chi connectivity index (χ0v) is 7.71. The lowest BCUT2D eigenvalue weighted by Gasteiger charge is -2.12. The van der Waals surface area contributed by atoms with Crippen molar-refractivity contribution >= 4 is 5.97 Å². The van der Waals surface area contributed by atoms with E-state index in [1.165, 1.54) is 0 Å². The highest BCUT2D eigenvalue weighted by Crippen LogP contribution is 2.01. The van der Waals surface area contributed by atoms with Gasteiger partial charge in [-0.05, 0) is 13.8 Å². The number of carbonyl (C=O) groups excluding carboxylic acids is 1. The van der Waals surface area contributed by atoms with Gasteiger partial charge in [0.05, 0.1) is 6.61 Å². The molecule has 3 heteroatoms. The van der Waals surface area contributed by atoms with Gasteiger partial charge in [0.2, 0.25) is 0 Å². The Bertz CT molecular complexity index is 143. The van der Waals surface area contributed by atoms with Crippen LogP contribution in [-0.2, 0) is 14.3 Å². The van der Waals surface area contributed by atoms with E-state index in [4.69, 9.17) is 9.47 Å². The summed E-state index contributed by atoms with van der Waals surface area (Å²) in [5.74, 6) is -0.306. The molecule has 0 aromatic heterocycles. The minimum absolute atomic E-state index is 0.306. The van der Waals surface area contributed by atoms with Crippen molar-refractivity contribution in [2.75, 3.05) is 13.2 Å². The second-order valence-corrected chi connectivity index (χ2v) is 2.22. The summed E-state index contributed by atoms with van der Waals surface area (Å²) in [4.78, 5) is 11.1. The Hall–Kier alpha value is -0.830. The molecule has 0 aliphatic heterocycles. The van der Waals surface area contributed by atoms with E-state index in [1.807, 2.05) is 6.92 Å². The minimum atomic E-state index is -0.479. The van der Waals surface area contributed by atoms with Crippen LogP contribution in [0.2, 0.25) is 0 Å². The van der Waals surface area contributed by atoms with Crippen molar-refractivity contribution in [3.05, 3.63) is 12.7 Å². The van der Waals surface area contributed by atoms with E-state index in [-0.39, 0.29) is 5.97 Å². The Morgan fingerprint density at radius 1 is 1.50 bits per heavy atom. The van der Waals surface area contributed by atoms with Gasteiger partial charge in [0, 0.05) is 13.0 Å². The van der Waals surface area contributed by atoms with E-state index in [2.05, 4.69) is 6.58 Å². The van der Waals surface area contributed by atoms with Crippen LogP contribution in [0.1, 0.15) is 20.3 Å². The van der Waals surface area contributed by atoms with Crippen molar-refractivity contribution < 1.29 is 14.3 Å². The molecule has 0 fully saturated rings. The van der Waals surface area contributed by atoms with Crippen LogP contribution in [0, 0.1) is 0 Å². The molecule has 0 N–H and O–H groups in total. The van der Waals surface area contributed by atoms with Crippen LogP contribution in [0.4, 0.5) is 0 Å². The molecule has 3 nitrogen and oxygen atoms in total. The summed E-state index contributed by atoms with van der Waals surface area (Å²) < 4.78 is 9.95. The Balaban J connectivity index is 3.89. The Morgan fingerprint density at radius 2 is 2.17 bits per heavy atom. The standard InChI is InChI=1S/C9H16O3/c1-4-7-8(11-5-2)9(10)12-6-3/h4,8H,1,5-7H2,2-3H3. The fourth-order valence-electron chi connectivity index (χ4n) is 0.820. The van der Waals surface area contributed by atoms with Crippen molar-refractivity contribution in [1.82, 2.24) is 0 Å². The van der Waals surface area contributed by atoms with E-state index >= 15 is 0 Å². The van der Waals surface area contributed by atoms with Crippen LogP contribution in [-0.4, -0.2) is 25.3 Å². The molecule has 0 saturated carbocycles. The van der Waals surface area contributed by atoms with Crippen molar-refractivity contribution in [2.24, 2.45) is 0 Å². The first-order chi connectivity index (χ1) is 5.76. The molecule has 12 heavy (non-hydrogen) atoms. The molecule has 0 saturated heterocycles. The molecule has 0 heterocycles. The lowest BCUT2D eigenvalue weighted by molar-refractivity contribution is -0.156. The summed E-state index contributed by atoms with van der Waals surface area (Å²) in [6.07, 6.45) is 1.68. The van der Waals surface area contributed by atoms with Crippen LogP contribution >= 0.6 is 0 Å². The van der Waals surface area contributed by atoms with Crippen molar-refractivity contribution in [3.63, 3.8) is 0 Å². The second-order valence-electron chi connectivity index (χ2n) is 2.22. The summed E-state index contributed by atoms with van der Waals surface area (Å²) in [5.41, 5.74) is 0. The van der Waals surface area contributed by atoms with Gasteiger partial charge in [-0.25, -0.2) is 4.79 Å². The molecule has 0 aromatic carbocycles. The number of esters is 1. The number of hydrogen-bond donors (Lipinski definition) is 0. The monoisotopic (exact) mass is 172 g/mol. The van der Waals surface area contributed by atoms with Gasteiger partial charge < -0.3 is 9.47 Å². The summed E-state index contributed by atoms with van der Waals surface area (Å²) >= 11 is 0. The first kappa shape index (κ1) is 11.2. The summed E-state index contributed by atoms with van der Waals surface area (Å²) in [7, 11) is 0. The van der Waals surface area contributed by atoms with Gasteiger partial charge in [0.15, 0.2) is 6.10 Å². The van der Waals surface area contributed by atoms with Gasteiger partial charge >= 0.3 is 5.97 Å². The largest absolute Gasteiger partial charge is 0.464 e. The summed E-state index contributed by atoms with van der Waals surface area (Å²) in [6, 6.07) is 0.